The molecule has 0 amide bonds. The first kappa shape index (κ1) is 18.7. The van der Waals surface area contributed by atoms with Gasteiger partial charge in [0.15, 0.2) is 5.82 Å². The second-order valence-electron chi connectivity index (χ2n) is 7.78. The van der Waals surface area contributed by atoms with Crippen molar-refractivity contribution in [1.29, 1.82) is 0 Å². The number of thiophene rings is 1. The minimum absolute atomic E-state index is 0.729. The van der Waals surface area contributed by atoms with E-state index >= 15 is 0 Å². The van der Waals surface area contributed by atoms with Crippen LogP contribution in [0.4, 0.5) is 5.69 Å². The summed E-state index contributed by atoms with van der Waals surface area (Å²) in [7, 11) is 4.00. The topological polar surface area (TPSA) is 86.4 Å². The highest BCUT2D eigenvalue weighted by Crippen LogP contribution is 2.34. The number of aromatic nitrogens is 6. The number of pyridine rings is 2. The number of benzene rings is 1. The summed E-state index contributed by atoms with van der Waals surface area (Å²) in [6.07, 6.45) is 5.48. The van der Waals surface area contributed by atoms with Gasteiger partial charge >= 0.3 is 0 Å². The fourth-order valence-electron chi connectivity index (χ4n) is 3.84. The van der Waals surface area contributed by atoms with Gasteiger partial charge in [0.1, 0.15) is 5.69 Å². The third-order valence-corrected chi connectivity index (χ3v) is 6.41. The van der Waals surface area contributed by atoms with Crippen LogP contribution in [-0.4, -0.2) is 44.2 Å². The van der Waals surface area contributed by atoms with E-state index in [-0.39, 0.29) is 0 Å². The average molecular weight is 438 g/mol. The van der Waals surface area contributed by atoms with Crippen LogP contribution in [0.25, 0.3) is 55.2 Å². The normalized spacial score (nSPS) is 11.4. The van der Waals surface area contributed by atoms with Gasteiger partial charge in [-0.3, -0.25) is 15.1 Å². The first-order valence-corrected chi connectivity index (χ1v) is 11.1. The molecule has 0 aliphatic rings. The van der Waals surface area contributed by atoms with Gasteiger partial charge in [-0.2, -0.15) is 5.10 Å². The number of hydrogen-bond donors (Lipinski definition) is 2. The highest BCUT2D eigenvalue weighted by molar-refractivity contribution is 7.13. The third kappa shape index (κ3) is 3.04. The van der Waals surface area contributed by atoms with Gasteiger partial charge in [0.05, 0.1) is 40.3 Å². The molecular weight excluding hydrogens is 418 g/mol. The summed E-state index contributed by atoms with van der Waals surface area (Å²) in [5.41, 5.74) is 7.50. The zero-order valence-electron chi connectivity index (χ0n) is 17.5. The Morgan fingerprint density at radius 3 is 2.75 bits per heavy atom. The Bertz CT molecular complexity index is 1560. The Morgan fingerprint density at radius 2 is 1.91 bits per heavy atom. The van der Waals surface area contributed by atoms with Crippen molar-refractivity contribution >= 4 is 39.0 Å². The first-order valence-electron chi connectivity index (χ1n) is 10.2. The first-order chi connectivity index (χ1) is 15.7. The van der Waals surface area contributed by atoms with Crippen LogP contribution in [0.3, 0.4) is 0 Å². The van der Waals surface area contributed by atoms with Crippen LogP contribution in [-0.2, 0) is 0 Å². The molecule has 32 heavy (non-hydrogen) atoms. The highest BCUT2D eigenvalue weighted by Gasteiger charge is 2.16. The Labute approximate surface area is 187 Å². The quantitative estimate of drug-likeness (QED) is 0.388. The van der Waals surface area contributed by atoms with Crippen molar-refractivity contribution in [2.45, 2.75) is 0 Å². The van der Waals surface area contributed by atoms with E-state index in [2.05, 4.69) is 60.9 Å². The Morgan fingerprint density at radius 1 is 0.969 bits per heavy atom. The van der Waals surface area contributed by atoms with Crippen molar-refractivity contribution in [3.63, 3.8) is 0 Å². The molecule has 0 atom stereocenters. The van der Waals surface area contributed by atoms with Crippen molar-refractivity contribution < 1.29 is 0 Å². The zero-order chi connectivity index (χ0) is 21.7. The minimum atomic E-state index is 0.729. The molecule has 6 rings (SSSR count). The van der Waals surface area contributed by atoms with E-state index in [1.807, 2.05) is 49.7 Å². The molecule has 0 radical (unpaired) electrons. The number of hydrogen-bond acceptors (Lipinski definition) is 6. The standard InChI is InChI=1S/C24H19N7S/c1-31(2)15-9-14(11-25-12-15)19-10-17-20(13-26-19)29-30-23(17)24-27-18-6-3-5-16(22(18)28-24)21-7-4-8-32-21/h3-13H,1-2H3,(H,27,28)(H,29,30). The summed E-state index contributed by atoms with van der Waals surface area (Å²) in [4.78, 5) is 20.6. The van der Waals surface area contributed by atoms with Gasteiger partial charge in [-0.05, 0) is 29.6 Å². The molecule has 0 bridgehead atoms. The van der Waals surface area contributed by atoms with Gasteiger partial charge in [0.2, 0.25) is 0 Å². The molecule has 0 aliphatic carbocycles. The zero-order valence-corrected chi connectivity index (χ0v) is 18.3. The molecule has 8 heteroatoms. The lowest BCUT2D eigenvalue weighted by atomic mass is 10.1. The number of fused-ring (bicyclic) bond motifs is 2. The minimum Gasteiger partial charge on any atom is -0.376 e. The van der Waals surface area contributed by atoms with Gasteiger partial charge < -0.3 is 9.88 Å². The van der Waals surface area contributed by atoms with Crippen molar-refractivity contribution in [3.05, 3.63) is 66.4 Å². The molecule has 0 unspecified atom stereocenters. The van der Waals surface area contributed by atoms with E-state index in [0.29, 0.717) is 0 Å². The second kappa shape index (κ2) is 7.28. The number of aromatic amines is 2. The van der Waals surface area contributed by atoms with Crippen molar-refractivity contribution in [1.82, 2.24) is 30.1 Å². The predicted octanol–water partition coefficient (Wildman–Crippen LogP) is 5.36. The molecule has 0 saturated carbocycles. The predicted molar refractivity (Wildman–Crippen MR) is 130 cm³/mol. The number of anilines is 1. The van der Waals surface area contributed by atoms with Crippen molar-refractivity contribution in [3.8, 4) is 33.2 Å². The second-order valence-corrected chi connectivity index (χ2v) is 8.73. The van der Waals surface area contributed by atoms with Crippen LogP contribution in [0, 0.1) is 0 Å². The maximum Gasteiger partial charge on any atom is 0.159 e. The van der Waals surface area contributed by atoms with Gasteiger partial charge in [-0.1, -0.05) is 18.2 Å². The Hall–Kier alpha value is -4.04. The monoisotopic (exact) mass is 437 g/mol. The van der Waals surface area contributed by atoms with E-state index in [9.17, 15) is 0 Å². The fraction of sp³-hybridized carbons (Fsp3) is 0.0833. The number of nitrogens with zero attached hydrogens (tertiary/aromatic N) is 5. The molecule has 0 spiro atoms. The van der Waals surface area contributed by atoms with Gasteiger partial charge in [0, 0.05) is 41.7 Å². The molecule has 0 fully saturated rings. The molecule has 7 nitrogen and oxygen atoms in total. The molecular formula is C24H19N7S. The van der Waals surface area contributed by atoms with E-state index in [0.717, 1.165) is 56.0 Å². The molecule has 0 saturated heterocycles. The SMILES string of the molecule is CN(C)c1cncc(-c2cc3c(-c4nc5c(-c6cccs6)cccc5[nH]4)n[nH]c3cn2)c1. The maximum atomic E-state index is 4.93. The Balaban J connectivity index is 1.49. The highest BCUT2D eigenvalue weighted by atomic mass is 32.1. The van der Waals surface area contributed by atoms with Crippen molar-refractivity contribution in [2.24, 2.45) is 0 Å². The molecule has 5 heterocycles. The van der Waals surface area contributed by atoms with E-state index in [4.69, 9.17) is 4.98 Å². The lowest BCUT2D eigenvalue weighted by molar-refractivity contribution is 1.10. The lowest BCUT2D eigenvalue weighted by Gasteiger charge is -2.12. The summed E-state index contributed by atoms with van der Waals surface area (Å²) in [6, 6.07) is 14.5. The van der Waals surface area contributed by atoms with Crippen LogP contribution in [0.1, 0.15) is 0 Å². The molecule has 156 valence electrons. The van der Waals surface area contributed by atoms with Crippen LogP contribution >= 0.6 is 11.3 Å². The third-order valence-electron chi connectivity index (χ3n) is 5.51. The number of rotatable bonds is 4. The van der Waals surface area contributed by atoms with Crippen LogP contribution in [0.15, 0.2) is 66.4 Å². The van der Waals surface area contributed by atoms with Gasteiger partial charge in [-0.15, -0.1) is 11.3 Å². The average Bonchev–Trinajstić information content (AvgIpc) is 3.57. The number of imidazole rings is 1. The smallest absolute Gasteiger partial charge is 0.159 e. The summed E-state index contributed by atoms with van der Waals surface area (Å²) >= 11 is 1.71. The van der Waals surface area contributed by atoms with E-state index in [1.165, 1.54) is 4.88 Å². The summed E-state index contributed by atoms with van der Waals surface area (Å²) in [6.45, 7) is 0. The summed E-state index contributed by atoms with van der Waals surface area (Å²) < 4.78 is 0. The van der Waals surface area contributed by atoms with Crippen molar-refractivity contribution in [2.75, 3.05) is 19.0 Å². The van der Waals surface area contributed by atoms with Crippen LogP contribution in [0.2, 0.25) is 0 Å². The lowest BCUT2D eigenvalue weighted by Crippen LogP contribution is -2.08. The van der Waals surface area contributed by atoms with Crippen LogP contribution < -0.4 is 4.90 Å². The van der Waals surface area contributed by atoms with E-state index < -0.39 is 0 Å². The van der Waals surface area contributed by atoms with Gasteiger partial charge in [-0.25, -0.2) is 4.98 Å². The molecule has 2 N–H and O–H groups in total. The number of nitrogens with one attached hydrogen (secondary N) is 2. The summed E-state index contributed by atoms with van der Waals surface area (Å²) in [5.74, 6) is 0.729. The molecule has 0 aliphatic heterocycles. The van der Waals surface area contributed by atoms with E-state index in [1.54, 1.807) is 11.3 Å². The Kier molecular flexibility index (Phi) is 4.26. The molecule has 1 aromatic carbocycles. The number of para-hydroxylation sites is 1. The maximum absolute atomic E-state index is 4.93. The van der Waals surface area contributed by atoms with Gasteiger partial charge in [0.25, 0.3) is 0 Å². The fourth-order valence-corrected chi connectivity index (χ4v) is 4.60. The summed E-state index contributed by atoms with van der Waals surface area (Å²) in [5, 5.41) is 10.7. The van der Waals surface area contributed by atoms with Crippen LogP contribution in [0.5, 0.6) is 0 Å². The molecule has 5 aromatic heterocycles. The number of H-pyrrole nitrogens is 2. The molecule has 6 aromatic rings. The largest absolute Gasteiger partial charge is 0.376 e.